The van der Waals surface area contributed by atoms with Crippen molar-refractivity contribution in [3.63, 3.8) is 0 Å². The van der Waals surface area contributed by atoms with Crippen LogP contribution in [-0.2, 0) is 17.6 Å². The monoisotopic (exact) mass is 472 g/mol. The van der Waals surface area contributed by atoms with Crippen molar-refractivity contribution in [2.75, 3.05) is 0 Å². The van der Waals surface area contributed by atoms with Crippen LogP contribution in [0.5, 0.6) is 11.5 Å². The molecule has 3 rings (SSSR count). The molecule has 0 fully saturated rings. The van der Waals surface area contributed by atoms with Crippen LogP contribution in [0.2, 0.25) is 0 Å². The number of nitrogens with zero attached hydrogens (tertiary/aromatic N) is 1. The largest absolute Gasteiger partial charge is 0.432 e. The Bertz CT molecular complexity index is 1250. The lowest BCUT2D eigenvalue weighted by molar-refractivity contribution is -0.189. The number of aryl methyl sites for hydroxylation is 1. The number of alkyl halides is 2. The Morgan fingerprint density at radius 3 is 1.88 bits per heavy atom. The van der Waals surface area contributed by atoms with E-state index < -0.39 is 74.8 Å². The first-order valence-electron chi connectivity index (χ1n) is 9.05. The lowest BCUT2D eigenvalue weighted by Gasteiger charge is -2.21. The Morgan fingerprint density at radius 2 is 1.39 bits per heavy atom. The molecule has 3 aromatic rings. The van der Waals surface area contributed by atoms with Gasteiger partial charge in [-0.25, -0.2) is 26.3 Å². The van der Waals surface area contributed by atoms with Crippen LogP contribution < -0.4 is 4.74 Å². The molecule has 171 valence electrons. The molecule has 33 heavy (non-hydrogen) atoms. The van der Waals surface area contributed by atoms with Crippen LogP contribution in [0.4, 0.5) is 35.1 Å². The van der Waals surface area contributed by atoms with Gasteiger partial charge >= 0.3 is 6.11 Å². The molecule has 0 unspecified atom stereocenters. The van der Waals surface area contributed by atoms with Crippen LogP contribution in [0, 0.1) is 46.2 Å². The molecular formula is C22H10F8NO2. The van der Waals surface area contributed by atoms with E-state index in [-0.39, 0.29) is 30.2 Å². The molecule has 1 radical (unpaired) electrons. The smallest absolute Gasteiger partial charge is 0.429 e. The van der Waals surface area contributed by atoms with E-state index in [1.807, 2.05) is 0 Å². The van der Waals surface area contributed by atoms with Gasteiger partial charge in [-0.15, -0.1) is 0 Å². The quantitative estimate of drug-likeness (QED) is 0.380. The average Bonchev–Trinajstić information content (AvgIpc) is 2.68. The van der Waals surface area contributed by atoms with Gasteiger partial charge in [0.15, 0.2) is 11.6 Å². The molecule has 0 aliphatic heterocycles. The maximum Gasteiger partial charge on any atom is 0.432 e. The summed E-state index contributed by atoms with van der Waals surface area (Å²) in [4.78, 5) is 0. The molecule has 3 aromatic carbocycles. The summed E-state index contributed by atoms with van der Waals surface area (Å²) >= 11 is 0. The molecule has 0 aliphatic carbocycles. The van der Waals surface area contributed by atoms with Crippen LogP contribution in [-0.4, -0.2) is 0 Å². The topological polar surface area (TPSA) is 52.9 Å². The van der Waals surface area contributed by atoms with Crippen LogP contribution >= 0.6 is 0 Å². The molecule has 0 spiro atoms. The first-order chi connectivity index (χ1) is 15.4. The van der Waals surface area contributed by atoms with Gasteiger partial charge in [0.05, 0.1) is 11.1 Å². The fraction of sp³-hybridized carbons (Fsp3) is 0.136. The van der Waals surface area contributed by atoms with Gasteiger partial charge in [-0.05, 0) is 24.1 Å². The molecule has 0 heterocycles. The van der Waals surface area contributed by atoms with E-state index in [1.165, 1.54) is 6.92 Å². The third-order valence-corrected chi connectivity index (χ3v) is 4.61. The van der Waals surface area contributed by atoms with Crippen molar-refractivity contribution in [2.24, 2.45) is 0 Å². The van der Waals surface area contributed by atoms with E-state index in [0.29, 0.717) is 0 Å². The van der Waals surface area contributed by atoms with Gasteiger partial charge in [0.2, 0.25) is 0 Å². The molecular weight excluding hydrogens is 462 g/mol. The Kier molecular flexibility index (Phi) is 6.22. The number of ether oxygens (including phenoxy) is 1. The standard InChI is InChI=1S/C22H10F8NO2/c1-2-9-3-14(25)18(15(26)4-9)19-17(32)7-16(27)20(21(19)28)22(29,30)33-10-5-12(23)11(8-31)13(24)6-10/h3-7H,2H2,1H3. The van der Waals surface area contributed by atoms with Crippen molar-refractivity contribution >= 4 is 0 Å². The zero-order valence-corrected chi connectivity index (χ0v) is 16.4. The number of nitriles is 1. The van der Waals surface area contributed by atoms with Gasteiger partial charge in [0.25, 0.3) is 0 Å². The third kappa shape index (κ3) is 4.28. The summed E-state index contributed by atoms with van der Waals surface area (Å²) in [5.74, 6) is -13.5. The second-order valence-electron chi connectivity index (χ2n) is 6.70. The zero-order chi connectivity index (χ0) is 24.7. The van der Waals surface area contributed by atoms with Crippen molar-refractivity contribution in [3.8, 4) is 28.7 Å². The number of halogens is 8. The Morgan fingerprint density at radius 1 is 0.848 bits per heavy atom. The summed E-state index contributed by atoms with van der Waals surface area (Å²) in [6.45, 7) is 1.54. The van der Waals surface area contributed by atoms with Gasteiger partial charge in [0, 0.05) is 18.2 Å². The molecule has 11 heteroatoms. The summed E-state index contributed by atoms with van der Waals surface area (Å²) in [5, 5.41) is 20.7. The van der Waals surface area contributed by atoms with Crippen molar-refractivity contribution in [2.45, 2.75) is 19.5 Å². The summed E-state index contributed by atoms with van der Waals surface area (Å²) in [7, 11) is 0. The van der Waals surface area contributed by atoms with E-state index in [1.54, 1.807) is 0 Å². The highest BCUT2D eigenvalue weighted by Gasteiger charge is 2.44. The predicted octanol–water partition coefficient (Wildman–Crippen LogP) is 6.89. The van der Waals surface area contributed by atoms with E-state index in [9.17, 15) is 40.2 Å². The lowest BCUT2D eigenvalue weighted by atomic mass is 9.97. The zero-order valence-electron chi connectivity index (χ0n) is 16.4. The maximum atomic E-state index is 15.0. The molecule has 0 atom stereocenters. The van der Waals surface area contributed by atoms with Gasteiger partial charge in [-0.2, -0.15) is 14.0 Å². The normalized spacial score (nSPS) is 11.4. The minimum absolute atomic E-state index is 0.113. The second-order valence-corrected chi connectivity index (χ2v) is 6.70. The van der Waals surface area contributed by atoms with Crippen LogP contribution in [0.25, 0.3) is 11.1 Å². The highest BCUT2D eigenvalue weighted by Crippen LogP contribution is 2.44. The van der Waals surface area contributed by atoms with Crippen LogP contribution in [0.3, 0.4) is 0 Å². The Balaban J connectivity index is 2.18. The first-order valence-corrected chi connectivity index (χ1v) is 9.05. The van der Waals surface area contributed by atoms with Crippen molar-refractivity contribution in [3.05, 3.63) is 81.9 Å². The maximum absolute atomic E-state index is 15.0. The molecule has 0 amide bonds. The van der Waals surface area contributed by atoms with Gasteiger partial charge in [-0.3, -0.25) is 5.11 Å². The summed E-state index contributed by atoms with van der Waals surface area (Å²) in [5.41, 5.74) is -6.06. The molecule has 3 nitrogen and oxygen atoms in total. The van der Waals surface area contributed by atoms with Gasteiger partial charge in [-0.1, -0.05) is 6.92 Å². The highest BCUT2D eigenvalue weighted by atomic mass is 19.3. The number of hydrogen-bond donors (Lipinski definition) is 0. The fourth-order valence-corrected chi connectivity index (χ4v) is 3.08. The minimum atomic E-state index is -5.00. The summed E-state index contributed by atoms with van der Waals surface area (Å²) in [6.07, 6.45) is -4.85. The fourth-order valence-electron chi connectivity index (χ4n) is 3.08. The molecule has 0 saturated carbocycles. The van der Waals surface area contributed by atoms with Gasteiger partial charge < -0.3 is 4.74 Å². The van der Waals surface area contributed by atoms with E-state index >= 15 is 0 Å². The molecule has 0 saturated heterocycles. The molecule has 0 bridgehead atoms. The SMILES string of the molecule is CCc1cc(F)c(-c2c([O])cc(F)c(C(F)(F)Oc3cc(F)c(C#N)c(F)c3)c2F)c(F)c1. The number of hydrogen-bond acceptors (Lipinski definition) is 2. The molecule has 0 aliphatic rings. The van der Waals surface area contributed by atoms with Crippen molar-refractivity contribution in [1.29, 1.82) is 5.26 Å². The summed E-state index contributed by atoms with van der Waals surface area (Å²) in [6, 6.07) is 2.83. The highest BCUT2D eigenvalue weighted by molar-refractivity contribution is 5.73. The number of rotatable bonds is 5. The summed E-state index contributed by atoms with van der Waals surface area (Å²) < 4.78 is 119. The van der Waals surface area contributed by atoms with Crippen molar-refractivity contribution in [1.82, 2.24) is 0 Å². The number of benzene rings is 3. The van der Waals surface area contributed by atoms with Crippen LogP contribution in [0.15, 0.2) is 30.3 Å². The second kappa shape index (κ2) is 8.61. The van der Waals surface area contributed by atoms with Crippen molar-refractivity contribution < 1.29 is 45.0 Å². The molecule has 0 aromatic heterocycles. The van der Waals surface area contributed by atoms with E-state index in [0.717, 1.165) is 18.2 Å². The average molecular weight is 472 g/mol. The first kappa shape index (κ1) is 23.8. The molecule has 0 N–H and O–H groups in total. The Hall–Kier alpha value is -3.81. The minimum Gasteiger partial charge on any atom is -0.429 e. The Labute approximate surface area is 181 Å². The van der Waals surface area contributed by atoms with Crippen LogP contribution in [0.1, 0.15) is 23.6 Å². The van der Waals surface area contributed by atoms with E-state index in [2.05, 4.69) is 4.74 Å². The third-order valence-electron chi connectivity index (χ3n) is 4.61. The lowest BCUT2D eigenvalue weighted by Crippen LogP contribution is -2.26. The van der Waals surface area contributed by atoms with E-state index in [4.69, 9.17) is 5.26 Å². The van der Waals surface area contributed by atoms with Gasteiger partial charge in [0.1, 0.15) is 52.0 Å². The predicted molar refractivity (Wildman–Crippen MR) is 96.8 cm³/mol.